The quantitative estimate of drug-likeness (QED) is 0.657. The number of thiophene rings is 2. The normalized spacial score (nSPS) is 17.3. The number of aliphatic hydroxyl groups is 1. The number of ketones is 1. The molecule has 0 fully saturated rings. The summed E-state index contributed by atoms with van der Waals surface area (Å²) in [6.07, 6.45) is 0. The molecule has 1 N–H and O–H groups in total. The van der Waals surface area contributed by atoms with E-state index in [-0.39, 0.29) is 11.4 Å². The maximum atomic E-state index is 13.0. The largest absolute Gasteiger partial charge is 0.503 e. The van der Waals surface area contributed by atoms with Crippen molar-refractivity contribution in [3.05, 3.63) is 79.8 Å². The summed E-state index contributed by atoms with van der Waals surface area (Å²) >= 11 is 2.79. The number of carbonyl (C=O) groups excluding carboxylic acids is 2. The molecule has 1 atom stereocenters. The van der Waals surface area contributed by atoms with E-state index in [0.29, 0.717) is 22.9 Å². The zero-order chi connectivity index (χ0) is 18.3. The lowest BCUT2D eigenvalue weighted by Gasteiger charge is -2.24. The Morgan fingerprint density at radius 2 is 1.96 bits per heavy atom. The first kappa shape index (κ1) is 16.8. The van der Waals surface area contributed by atoms with Crippen LogP contribution in [0.15, 0.2) is 62.9 Å². The fourth-order valence-corrected chi connectivity index (χ4v) is 4.44. The van der Waals surface area contributed by atoms with Crippen molar-refractivity contribution in [3.63, 3.8) is 0 Å². The lowest BCUT2D eigenvalue weighted by molar-refractivity contribution is -0.130. The van der Waals surface area contributed by atoms with E-state index in [0.717, 1.165) is 4.88 Å². The molecule has 5 nitrogen and oxygen atoms in total. The molecule has 0 saturated heterocycles. The van der Waals surface area contributed by atoms with Crippen LogP contribution in [0.2, 0.25) is 0 Å². The van der Waals surface area contributed by atoms with Crippen LogP contribution < -0.4 is 0 Å². The Kier molecular flexibility index (Phi) is 4.26. The van der Waals surface area contributed by atoms with E-state index in [4.69, 9.17) is 4.42 Å². The molecule has 1 unspecified atom stereocenters. The Morgan fingerprint density at radius 3 is 2.58 bits per heavy atom. The van der Waals surface area contributed by atoms with E-state index in [2.05, 4.69) is 0 Å². The van der Waals surface area contributed by atoms with Gasteiger partial charge in [0, 0.05) is 4.88 Å². The average molecular weight is 385 g/mol. The number of nitrogens with zero attached hydrogens (tertiary/aromatic N) is 1. The van der Waals surface area contributed by atoms with Crippen molar-refractivity contribution in [2.24, 2.45) is 0 Å². The molecule has 1 amide bonds. The molecule has 3 aromatic rings. The van der Waals surface area contributed by atoms with Crippen LogP contribution in [0.5, 0.6) is 0 Å². The van der Waals surface area contributed by atoms with Gasteiger partial charge in [0.25, 0.3) is 5.91 Å². The molecule has 0 saturated carbocycles. The topological polar surface area (TPSA) is 70.8 Å². The smallest absolute Gasteiger partial charge is 0.290 e. The summed E-state index contributed by atoms with van der Waals surface area (Å²) in [5.74, 6) is -0.260. The fraction of sp³-hybridized carbons (Fsp3) is 0.158. The minimum absolute atomic E-state index is 0.0726. The van der Waals surface area contributed by atoms with Crippen molar-refractivity contribution >= 4 is 34.4 Å². The van der Waals surface area contributed by atoms with Gasteiger partial charge >= 0.3 is 0 Å². The first-order valence-corrected chi connectivity index (χ1v) is 9.73. The predicted molar refractivity (Wildman–Crippen MR) is 99.4 cm³/mol. The van der Waals surface area contributed by atoms with Gasteiger partial charge in [0.1, 0.15) is 17.6 Å². The number of aliphatic hydroxyl groups excluding tert-OH is 1. The molecule has 1 aliphatic heterocycles. The van der Waals surface area contributed by atoms with Crippen LogP contribution in [-0.2, 0) is 11.3 Å². The number of amides is 1. The highest BCUT2D eigenvalue weighted by molar-refractivity contribution is 7.12. The van der Waals surface area contributed by atoms with Crippen LogP contribution in [0.25, 0.3) is 0 Å². The monoisotopic (exact) mass is 385 g/mol. The number of aryl methyl sites for hydroxylation is 1. The molecule has 0 bridgehead atoms. The molecule has 3 aromatic heterocycles. The van der Waals surface area contributed by atoms with Gasteiger partial charge in [-0.3, -0.25) is 9.59 Å². The van der Waals surface area contributed by atoms with Gasteiger partial charge < -0.3 is 14.4 Å². The van der Waals surface area contributed by atoms with E-state index >= 15 is 0 Å². The third kappa shape index (κ3) is 2.79. The third-order valence-electron chi connectivity index (χ3n) is 4.23. The van der Waals surface area contributed by atoms with Crippen LogP contribution in [-0.4, -0.2) is 21.7 Å². The lowest BCUT2D eigenvalue weighted by Crippen LogP contribution is -2.30. The summed E-state index contributed by atoms with van der Waals surface area (Å²) < 4.78 is 5.73. The number of rotatable bonds is 5. The predicted octanol–water partition coefficient (Wildman–Crippen LogP) is 4.49. The van der Waals surface area contributed by atoms with Gasteiger partial charge in [-0.25, -0.2) is 0 Å². The SMILES string of the molecule is Cc1ccc(C2C(C(=O)c3cccs3)=C(O)C(=O)N2Cc2cccs2)o1. The molecule has 7 heteroatoms. The van der Waals surface area contributed by atoms with Crippen molar-refractivity contribution in [2.45, 2.75) is 19.5 Å². The molecule has 0 radical (unpaired) electrons. The standard InChI is InChI=1S/C19H15NO4S2/c1-11-6-7-13(24-11)16-15(17(21)14-5-3-9-26-14)18(22)19(23)20(16)10-12-4-2-8-25-12/h2-9,16,22H,10H2,1H3. The van der Waals surface area contributed by atoms with Gasteiger partial charge in [0.15, 0.2) is 5.76 Å². The maximum absolute atomic E-state index is 13.0. The van der Waals surface area contributed by atoms with Crippen molar-refractivity contribution in [2.75, 3.05) is 0 Å². The Balaban J connectivity index is 1.79. The van der Waals surface area contributed by atoms with Gasteiger partial charge in [-0.1, -0.05) is 12.1 Å². The van der Waals surface area contributed by atoms with Crippen LogP contribution in [0.1, 0.15) is 32.1 Å². The lowest BCUT2D eigenvalue weighted by atomic mass is 10.0. The van der Waals surface area contributed by atoms with Gasteiger partial charge in [-0.2, -0.15) is 0 Å². The second-order valence-electron chi connectivity index (χ2n) is 5.93. The molecular formula is C19H15NO4S2. The Labute approximate surface area is 157 Å². The van der Waals surface area contributed by atoms with Crippen molar-refractivity contribution in [1.29, 1.82) is 0 Å². The summed E-state index contributed by atoms with van der Waals surface area (Å²) in [6, 6.07) is 10.1. The van der Waals surface area contributed by atoms with Gasteiger partial charge in [0.05, 0.1) is 17.0 Å². The zero-order valence-corrected chi connectivity index (χ0v) is 15.5. The molecule has 26 heavy (non-hydrogen) atoms. The minimum Gasteiger partial charge on any atom is -0.503 e. The summed E-state index contributed by atoms with van der Waals surface area (Å²) in [4.78, 5) is 28.6. The Morgan fingerprint density at radius 1 is 1.19 bits per heavy atom. The summed E-state index contributed by atoms with van der Waals surface area (Å²) in [5, 5.41) is 14.2. The summed E-state index contributed by atoms with van der Waals surface area (Å²) in [6.45, 7) is 2.10. The fourth-order valence-electron chi connectivity index (χ4n) is 3.06. The molecular weight excluding hydrogens is 370 g/mol. The van der Waals surface area contributed by atoms with E-state index in [1.807, 2.05) is 17.5 Å². The second kappa shape index (κ2) is 6.59. The molecule has 4 rings (SSSR count). The van der Waals surface area contributed by atoms with E-state index in [1.54, 1.807) is 36.6 Å². The van der Waals surface area contributed by atoms with E-state index in [9.17, 15) is 14.7 Å². The van der Waals surface area contributed by atoms with Crippen LogP contribution in [0.4, 0.5) is 0 Å². The molecule has 0 spiro atoms. The molecule has 132 valence electrons. The van der Waals surface area contributed by atoms with Crippen LogP contribution in [0.3, 0.4) is 0 Å². The second-order valence-corrected chi connectivity index (χ2v) is 7.91. The number of hydrogen-bond donors (Lipinski definition) is 1. The highest BCUT2D eigenvalue weighted by Crippen LogP contribution is 2.41. The highest BCUT2D eigenvalue weighted by atomic mass is 32.1. The number of hydrogen-bond acceptors (Lipinski definition) is 6. The Bertz CT molecular complexity index is 983. The van der Waals surface area contributed by atoms with E-state index < -0.39 is 17.7 Å². The maximum Gasteiger partial charge on any atom is 0.290 e. The van der Waals surface area contributed by atoms with Crippen LogP contribution >= 0.6 is 22.7 Å². The average Bonchev–Trinajstić information content (AvgIpc) is 3.40. The van der Waals surface area contributed by atoms with Gasteiger partial charge in [0.2, 0.25) is 5.78 Å². The van der Waals surface area contributed by atoms with Crippen molar-refractivity contribution in [1.82, 2.24) is 4.90 Å². The van der Waals surface area contributed by atoms with Gasteiger partial charge in [-0.15, -0.1) is 22.7 Å². The zero-order valence-electron chi connectivity index (χ0n) is 13.8. The summed E-state index contributed by atoms with van der Waals surface area (Å²) in [7, 11) is 0. The first-order valence-electron chi connectivity index (χ1n) is 7.97. The highest BCUT2D eigenvalue weighted by Gasteiger charge is 2.45. The molecule has 0 aromatic carbocycles. The number of furan rings is 1. The molecule has 0 aliphatic carbocycles. The number of carbonyl (C=O) groups is 2. The Hall–Kier alpha value is -2.64. The molecule has 4 heterocycles. The number of Topliss-reactive ketones (excluding diaryl/α,β-unsaturated/α-hetero) is 1. The minimum atomic E-state index is -0.743. The van der Waals surface area contributed by atoms with Gasteiger partial charge in [-0.05, 0) is 41.9 Å². The summed E-state index contributed by atoms with van der Waals surface area (Å²) in [5.41, 5.74) is 0.0726. The van der Waals surface area contributed by atoms with E-state index in [1.165, 1.54) is 27.6 Å². The van der Waals surface area contributed by atoms with Crippen molar-refractivity contribution < 1.29 is 19.1 Å². The first-order chi connectivity index (χ1) is 12.6. The van der Waals surface area contributed by atoms with Crippen molar-refractivity contribution in [3.8, 4) is 0 Å². The molecule has 1 aliphatic rings. The third-order valence-corrected chi connectivity index (χ3v) is 5.96. The van der Waals surface area contributed by atoms with Crippen LogP contribution in [0, 0.1) is 6.92 Å².